The van der Waals surface area contributed by atoms with Crippen LogP contribution in [0.3, 0.4) is 0 Å². The van der Waals surface area contributed by atoms with E-state index in [1.807, 2.05) is 32.0 Å². The lowest BCUT2D eigenvalue weighted by molar-refractivity contribution is -0.0431. The lowest BCUT2D eigenvalue weighted by Gasteiger charge is -2.16. The number of halogens is 1. The summed E-state index contributed by atoms with van der Waals surface area (Å²) < 4.78 is 33.5. The molecule has 6 nitrogen and oxygen atoms in total. The molecule has 158 valence electrons. The molecule has 2 aromatic carbocycles. The maximum atomic E-state index is 14.5. The van der Waals surface area contributed by atoms with Gasteiger partial charge in [0.25, 0.3) is 0 Å². The Morgan fingerprint density at radius 1 is 1.13 bits per heavy atom. The first-order valence-corrected chi connectivity index (χ1v) is 10.4. The van der Waals surface area contributed by atoms with Crippen LogP contribution in [0.25, 0.3) is 5.69 Å². The van der Waals surface area contributed by atoms with Gasteiger partial charge in [0.15, 0.2) is 28.8 Å². The van der Waals surface area contributed by atoms with Crippen LogP contribution in [0.4, 0.5) is 4.39 Å². The number of rotatable bonds is 4. The van der Waals surface area contributed by atoms with Crippen molar-refractivity contribution in [2.75, 3.05) is 0 Å². The molecular weight excluding hydrogens is 397 g/mol. The molecule has 1 aliphatic carbocycles. The lowest BCUT2D eigenvalue weighted by Crippen LogP contribution is -2.29. The van der Waals surface area contributed by atoms with E-state index >= 15 is 0 Å². The van der Waals surface area contributed by atoms with E-state index in [0.717, 1.165) is 42.5 Å². The Morgan fingerprint density at radius 2 is 1.94 bits per heavy atom. The lowest BCUT2D eigenvalue weighted by atomic mass is 9.96. The highest BCUT2D eigenvalue weighted by Gasteiger charge is 2.31. The Hall–Kier alpha value is -3.53. The fourth-order valence-corrected chi connectivity index (χ4v) is 4.15. The molecule has 31 heavy (non-hydrogen) atoms. The normalized spacial score (nSPS) is 15.9. The first kappa shape index (κ1) is 19.4. The maximum Gasteiger partial charge on any atom is 0.246 e. The van der Waals surface area contributed by atoms with Crippen molar-refractivity contribution in [3.63, 3.8) is 0 Å². The van der Waals surface area contributed by atoms with Crippen LogP contribution >= 0.6 is 0 Å². The van der Waals surface area contributed by atoms with Crippen LogP contribution in [0.15, 0.2) is 36.4 Å². The third-order valence-electron chi connectivity index (χ3n) is 5.56. The highest BCUT2D eigenvalue weighted by atomic mass is 19.1. The predicted octanol–water partition coefficient (Wildman–Crippen LogP) is 4.85. The number of hydrogen-bond donors (Lipinski definition) is 0. The second kappa shape index (κ2) is 7.31. The molecule has 0 fully saturated rings. The monoisotopic (exact) mass is 419 g/mol. The molecule has 3 aromatic rings. The quantitative estimate of drug-likeness (QED) is 0.605. The number of aromatic nitrogens is 2. The molecule has 0 spiro atoms. The second-order valence-corrected chi connectivity index (χ2v) is 8.29. The topological polar surface area (TPSA) is 69.3 Å². The van der Waals surface area contributed by atoms with Crippen LogP contribution in [0.2, 0.25) is 0 Å². The molecule has 0 radical (unpaired) electrons. The van der Waals surface area contributed by atoms with E-state index in [-0.39, 0.29) is 12.4 Å². The third kappa shape index (κ3) is 3.59. The molecule has 0 amide bonds. The average molecular weight is 419 g/mol. The van der Waals surface area contributed by atoms with E-state index in [2.05, 4.69) is 11.2 Å². The summed E-state index contributed by atoms with van der Waals surface area (Å²) in [5, 5.41) is 13.9. The minimum atomic E-state index is -0.701. The van der Waals surface area contributed by atoms with Crippen LogP contribution in [0.5, 0.6) is 17.2 Å². The van der Waals surface area contributed by atoms with Gasteiger partial charge in [-0.15, -0.1) is 0 Å². The number of hydrogen-bond acceptors (Lipinski definition) is 5. The van der Waals surface area contributed by atoms with Crippen molar-refractivity contribution in [3.8, 4) is 29.0 Å². The number of ether oxygens (including phenoxy) is 3. The van der Waals surface area contributed by atoms with Crippen molar-refractivity contribution >= 4 is 0 Å². The van der Waals surface area contributed by atoms with Crippen molar-refractivity contribution in [3.05, 3.63) is 64.7 Å². The fourth-order valence-electron chi connectivity index (χ4n) is 4.15. The third-order valence-corrected chi connectivity index (χ3v) is 5.56. The summed E-state index contributed by atoms with van der Waals surface area (Å²) in [5.41, 5.74) is 4.00. The summed E-state index contributed by atoms with van der Waals surface area (Å²) in [6.45, 7) is 3.86. The summed E-state index contributed by atoms with van der Waals surface area (Å²) in [6.07, 6.45) is 3.81. The molecule has 0 N–H and O–H groups in total. The van der Waals surface area contributed by atoms with Gasteiger partial charge in [0.1, 0.15) is 12.7 Å². The van der Waals surface area contributed by atoms with Gasteiger partial charge in [-0.05, 0) is 55.5 Å². The molecule has 7 heteroatoms. The highest BCUT2D eigenvalue weighted by Crippen LogP contribution is 2.39. The molecule has 1 aliphatic heterocycles. The zero-order valence-corrected chi connectivity index (χ0v) is 17.4. The Balaban J connectivity index is 1.40. The van der Waals surface area contributed by atoms with Gasteiger partial charge in [-0.25, -0.2) is 9.07 Å². The van der Waals surface area contributed by atoms with Crippen molar-refractivity contribution in [1.29, 1.82) is 5.26 Å². The van der Waals surface area contributed by atoms with Gasteiger partial charge in [0.05, 0.1) is 5.69 Å². The Bertz CT molecular complexity index is 1210. The van der Waals surface area contributed by atoms with Gasteiger partial charge in [0, 0.05) is 31.2 Å². The van der Waals surface area contributed by atoms with Gasteiger partial charge in [-0.2, -0.15) is 10.4 Å². The van der Waals surface area contributed by atoms with Crippen LogP contribution in [0, 0.1) is 17.1 Å². The second-order valence-electron chi connectivity index (χ2n) is 8.29. The Labute approximate surface area is 179 Å². The summed E-state index contributed by atoms with van der Waals surface area (Å²) in [4.78, 5) is 0. The minimum Gasteiger partial charge on any atom is -0.486 e. The van der Waals surface area contributed by atoms with E-state index in [1.54, 1.807) is 16.8 Å². The van der Waals surface area contributed by atoms with Crippen molar-refractivity contribution in [1.82, 2.24) is 9.78 Å². The van der Waals surface area contributed by atoms with E-state index in [1.165, 1.54) is 6.07 Å². The molecule has 0 unspecified atom stereocenters. The van der Waals surface area contributed by atoms with Crippen molar-refractivity contribution in [2.24, 2.45) is 0 Å². The molecular formula is C24H22FN3O3. The number of nitriles is 1. The summed E-state index contributed by atoms with van der Waals surface area (Å²) in [6, 6.07) is 12.4. The molecule has 0 atom stereocenters. The van der Waals surface area contributed by atoms with Gasteiger partial charge in [-0.3, -0.25) is 0 Å². The first-order chi connectivity index (χ1) is 14.9. The van der Waals surface area contributed by atoms with Gasteiger partial charge in [0.2, 0.25) is 5.79 Å². The van der Waals surface area contributed by atoms with Crippen molar-refractivity contribution in [2.45, 2.75) is 51.9 Å². The van der Waals surface area contributed by atoms with Crippen LogP contribution in [-0.4, -0.2) is 15.6 Å². The van der Waals surface area contributed by atoms with Crippen LogP contribution in [0.1, 0.15) is 49.2 Å². The summed E-state index contributed by atoms with van der Waals surface area (Å²) >= 11 is 0. The molecule has 0 bridgehead atoms. The van der Waals surface area contributed by atoms with E-state index in [9.17, 15) is 9.65 Å². The largest absolute Gasteiger partial charge is 0.486 e. The fraction of sp³-hybridized carbons (Fsp3) is 0.333. The van der Waals surface area contributed by atoms with E-state index in [4.69, 9.17) is 14.2 Å². The smallest absolute Gasteiger partial charge is 0.246 e. The van der Waals surface area contributed by atoms with Gasteiger partial charge < -0.3 is 14.2 Å². The SMILES string of the molecule is CC1(C)Oc2ccc(COc3cc(-n4nc(C#N)c5c4CCCC5)ccc3F)cc2O1. The van der Waals surface area contributed by atoms with Crippen LogP contribution in [-0.2, 0) is 19.4 Å². The maximum absolute atomic E-state index is 14.5. The zero-order chi connectivity index (χ0) is 21.6. The first-order valence-electron chi connectivity index (χ1n) is 10.4. The summed E-state index contributed by atoms with van der Waals surface area (Å²) in [5.74, 6) is 0.306. The van der Waals surface area contributed by atoms with Gasteiger partial charge in [-0.1, -0.05) is 6.07 Å². The van der Waals surface area contributed by atoms with E-state index < -0.39 is 11.6 Å². The number of benzene rings is 2. The molecule has 2 aliphatic rings. The van der Waals surface area contributed by atoms with Crippen LogP contribution < -0.4 is 14.2 Å². The average Bonchev–Trinajstić information content (AvgIpc) is 3.28. The molecule has 2 heterocycles. The number of nitrogens with zero attached hydrogens (tertiary/aromatic N) is 3. The minimum absolute atomic E-state index is 0.133. The zero-order valence-electron chi connectivity index (χ0n) is 17.4. The Kier molecular flexibility index (Phi) is 4.58. The molecule has 5 rings (SSSR count). The molecule has 0 saturated heterocycles. The van der Waals surface area contributed by atoms with Gasteiger partial charge >= 0.3 is 0 Å². The predicted molar refractivity (Wildman–Crippen MR) is 111 cm³/mol. The standard InChI is InChI=1S/C24H22FN3O3/c1-24(2)30-21-10-7-15(11-23(21)31-24)14-29-22-12-16(8-9-18(22)25)28-20-6-4-3-5-17(20)19(13-26)27-28/h7-12H,3-6,14H2,1-2H3. The summed E-state index contributed by atoms with van der Waals surface area (Å²) in [7, 11) is 0. The number of fused-ring (bicyclic) bond motifs is 2. The van der Waals surface area contributed by atoms with Crippen molar-refractivity contribution < 1.29 is 18.6 Å². The van der Waals surface area contributed by atoms with E-state index in [0.29, 0.717) is 22.9 Å². The molecule has 1 aromatic heterocycles. The highest BCUT2D eigenvalue weighted by molar-refractivity contribution is 5.47. The molecule has 0 saturated carbocycles. The Morgan fingerprint density at radius 3 is 2.77 bits per heavy atom.